The van der Waals surface area contributed by atoms with Crippen LogP contribution in [0.1, 0.15) is 11.3 Å². The Morgan fingerprint density at radius 2 is 2.00 bits per heavy atom. The van der Waals surface area contributed by atoms with E-state index in [4.69, 9.17) is 5.11 Å². The molecule has 0 amide bonds. The van der Waals surface area contributed by atoms with Crippen molar-refractivity contribution in [2.24, 2.45) is 0 Å². The molecule has 0 aromatic carbocycles. The molecular formula is C8H7F4NO3. The van der Waals surface area contributed by atoms with Crippen LogP contribution in [-0.4, -0.2) is 21.6 Å². The van der Waals surface area contributed by atoms with Crippen LogP contribution >= 0.6 is 0 Å². The van der Waals surface area contributed by atoms with E-state index in [0.29, 0.717) is 0 Å². The number of rotatable bonds is 3. The van der Waals surface area contributed by atoms with Crippen LogP contribution in [0.15, 0.2) is 6.20 Å². The van der Waals surface area contributed by atoms with Crippen LogP contribution in [0.3, 0.4) is 0 Å². The average molecular weight is 241 g/mol. The van der Waals surface area contributed by atoms with Gasteiger partial charge in [0, 0.05) is 11.8 Å². The van der Waals surface area contributed by atoms with Crippen molar-refractivity contribution < 1.29 is 32.5 Å². The van der Waals surface area contributed by atoms with E-state index in [0.717, 1.165) is 6.20 Å². The molecule has 0 bridgehead atoms. The lowest BCUT2D eigenvalue weighted by Gasteiger charge is -2.14. The predicted octanol–water partition coefficient (Wildman–Crippen LogP) is 1.65. The van der Waals surface area contributed by atoms with Crippen molar-refractivity contribution >= 4 is 0 Å². The molecule has 0 spiro atoms. The Morgan fingerprint density at radius 3 is 2.44 bits per heavy atom. The van der Waals surface area contributed by atoms with Crippen LogP contribution in [0.4, 0.5) is 17.6 Å². The van der Waals surface area contributed by atoms with Gasteiger partial charge in [-0.3, -0.25) is 4.98 Å². The fraction of sp³-hybridized carbons (Fsp3) is 0.375. The molecule has 1 rings (SSSR count). The van der Waals surface area contributed by atoms with E-state index in [1.54, 1.807) is 0 Å². The Labute approximate surface area is 87.1 Å². The third kappa shape index (κ3) is 2.72. The summed E-state index contributed by atoms with van der Waals surface area (Å²) in [5.74, 6) is -2.09. The van der Waals surface area contributed by atoms with E-state index in [-0.39, 0.29) is 0 Å². The third-order valence-corrected chi connectivity index (χ3v) is 1.67. The molecule has 2 N–H and O–H groups in total. The quantitative estimate of drug-likeness (QED) is 0.790. The van der Waals surface area contributed by atoms with Gasteiger partial charge in [0.2, 0.25) is 0 Å². The second-order valence-electron chi connectivity index (χ2n) is 2.75. The summed E-state index contributed by atoms with van der Waals surface area (Å²) in [4.78, 5) is 3.37. The highest BCUT2D eigenvalue weighted by Gasteiger charge is 2.34. The molecule has 1 aromatic heterocycles. The fourth-order valence-corrected chi connectivity index (χ4v) is 0.999. The summed E-state index contributed by atoms with van der Waals surface area (Å²) in [5.41, 5.74) is -0.969. The van der Waals surface area contributed by atoms with Gasteiger partial charge in [0.25, 0.3) is 0 Å². The zero-order chi connectivity index (χ0) is 12.3. The molecule has 0 saturated heterocycles. The molecule has 0 aliphatic carbocycles. The summed E-state index contributed by atoms with van der Waals surface area (Å²) in [6.07, 6.45) is -4.30. The van der Waals surface area contributed by atoms with Gasteiger partial charge in [-0.25, -0.2) is 4.39 Å². The maximum Gasteiger partial charge on any atom is 0.573 e. The summed E-state index contributed by atoms with van der Waals surface area (Å²) < 4.78 is 51.6. The van der Waals surface area contributed by atoms with Gasteiger partial charge in [0.05, 0.1) is 6.61 Å². The smallest absolute Gasteiger partial charge is 0.503 e. The van der Waals surface area contributed by atoms with Gasteiger partial charge in [-0.2, -0.15) is 0 Å². The first-order chi connectivity index (χ1) is 7.39. The number of halogens is 4. The molecule has 0 atom stereocenters. The molecular weight excluding hydrogens is 234 g/mol. The molecule has 0 aliphatic heterocycles. The lowest BCUT2D eigenvalue weighted by atomic mass is 10.2. The summed E-state index contributed by atoms with van der Waals surface area (Å²) in [6, 6.07) is 0. The Balaban J connectivity index is 3.21. The second kappa shape index (κ2) is 4.52. The number of hydrogen-bond acceptors (Lipinski definition) is 4. The lowest BCUT2D eigenvalue weighted by Crippen LogP contribution is -2.18. The first-order valence-electron chi connectivity index (χ1n) is 4.01. The van der Waals surface area contributed by atoms with Gasteiger partial charge in [0.1, 0.15) is 12.4 Å². The Hall–Kier alpha value is -1.57. The van der Waals surface area contributed by atoms with Gasteiger partial charge < -0.3 is 14.9 Å². The van der Waals surface area contributed by atoms with E-state index in [9.17, 15) is 22.7 Å². The van der Waals surface area contributed by atoms with E-state index in [2.05, 4.69) is 9.72 Å². The average Bonchev–Trinajstić information content (AvgIpc) is 2.19. The first kappa shape index (κ1) is 12.5. The highest BCUT2D eigenvalue weighted by Crippen LogP contribution is 2.36. The molecule has 0 aliphatic rings. The molecule has 0 saturated carbocycles. The van der Waals surface area contributed by atoms with Gasteiger partial charge in [-0.05, 0) is 0 Å². The molecule has 1 heterocycles. The predicted molar refractivity (Wildman–Crippen MR) is 43.3 cm³/mol. The monoisotopic (exact) mass is 241 g/mol. The number of pyridine rings is 1. The molecule has 4 nitrogen and oxygen atoms in total. The third-order valence-electron chi connectivity index (χ3n) is 1.67. The standard InChI is InChI=1S/C8H7F4NO3/c9-1-4-2-13-5(3-14)6(15)7(4)16-8(10,11)12/h2,14-15H,1,3H2. The SMILES string of the molecule is OCc1ncc(CF)c(OC(F)(F)F)c1O. The molecule has 0 fully saturated rings. The molecule has 0 unspecified atom stereocenters. The maximum absolute atomic E-state index is 12.3. The van der Waals surface area contributed by atoms with Gasteiger partial charge >= 0.3 is 6.36 Å². The van der Waals surface area contributed by atoms with Crippen molar-refractivity contribution in [3.63, 3.8) is 0 Å². The minimum atomic E-state index is -5.06. The number of hydrogen-bond donors (Lipinski definition) is 2. The van der Waals surface area contributed by atoms with E-state index in [1.807, 2.05) is 0 Å². The van der Waals surface area contributed by atoms with Crippen LogP contribution < -0.4 is 4.74 Å². The summed E-state index contributed by atoms with van der Waals surface area (Å²) >= 11 is 0. The molecule has 90 valence electrons. The van der Waals surface area contributed by atoms with Gasteiger partial charge in [-0.15, -0.1) is 13.2 Å². The Morgan fingerprint density at radius 1 is 1.38 bits per heavy atom. The van der Waals surface area contributed by atoms with Crippen molar-refractivity contribution in [3.8, 4) is 11.5 Å². The minimum absolute atomic E-state index is 0.420. The van der Waals surface area contributed by atoms with Crippen LogP contribution in [0.2, 0.25) is 0 Å². The summed E-state index contributed by atoms with van der Waals surface area (Å²) in [5, 5.41) is 17.9. The van der Waals surface area contributed by atoms with Crippen LogP contribution in [-0.2, 0) is 13.3 Å². The van der Waals surface area contributed by atoms with Crippen LogP contribution in [0, 0.1) is 0 Å². The zero-order valence-corrected chi connectivity index (χ0v) is 7.75. The molecule has 16 heavy (non-hydrogen) atoms. The van der Waals surface area contributed by atoms with E-state index < -0.39 is 42.4 Å². The molecule has 0 radical (unpaired) electrons. The maximum atomic E-state index is 12.3. The van der Waals surface area contributed by atoms with Gasteiger partial charge in [0.15, 0.2) is 11.5 Å². The number of aromatic nitrogens is 1. The number of ether oxygens (including phenoxy) is 1. The van der Waals surface area contributed by atoms with Crippen LogP contribution in [0.5, 0.6) is 11.5 Å². The number of aliphatic hydroxyl groups excluding tert-OH is 1. The Bertz CT molecular complexity index is 380. The first-order valence-corrected chi connectivity index (χ1v) is 4.01. The van der Waals surface area contributed by atoms with Crippen molar-refractivity contribution in [1.82, 2.24) is 4.98 Å². The van der Waals surface area contributed by atoms with E-state index in [1.165, 1.54) is 0 Å². The highest BCUT2D eigenvalue weighted by atomic mass is 19.4. The minimum Gasteiger partial charge on any atom is -0.503 e. The largest absolute Gasteiger partial charge is 0.573 e. The number of nitrogens with zero attached hydrogens (tertiary/aromatic N) is 1. The van der Waals surface area contributed by atoms with Crippen molar-refractivity contribution in [1.29, 1.82) is 0 Å². The lowest BCUT2D eigenvalue weighted by molar-refractivity contribution is -0.275. The van der Waals surface area contributed by atoms with E-state index >= 15 is 0 Å². The Kier molecular flexibility index (Phi) is 3.53. The summed E-state index contributed by atoms with van der Waals surface area (Å²) in [7, 11) is 0. The van der Waals surface area contributed by atoms with Crippen LogP contribution in [0.25, 0.3) is 0 Å². The number of aromatic hydroxyl groups is 1. The summed E-state index contributed by atoms with van der Waals surface area (Å²) in [6.45, 7) is -2.07. The molecule has 8 heteroatoms. The normalized spacial score (nSPS) is 11.6. The fourth-order valence-electron chi connectivity index (χ4n) is 0.999. The zero-order valence-electron chi connectivity index (χ0n) is 7.75. The van der Waals surface area contributed by atoms with Gasteiger partial charge in [-0.1, -0.05) is 0 Å². The number of alkyl halides is 4. The van der Waals surface area contributed by atoms with Crippen molar-refractivity contribution in [3.05, 3.63) is 17.5 Å². The topological polar surface area (TPSA) is 62.6 Å². The molecule has 1 aromatic rings. The number of aliphatic hydroxyl groups is 1. The van der Waals surface area contributed by atoms with Crippen molar-refractivity contribution in [2.75, 3.05) is 0 Å². The second-order valence-corrected chi connectivity index (χ2v) is 2.75. The van der Waals surface area contributed by atoms with Crippen molar-refractivity contribution in [2.45, 2.75) is 19.6 Å². The highest BCUT2D eigenvalue weighted by molar-refractivity contribution is 5.47.